The summed E-state index contributed by atoms with van der Waals surface area (Å²) in [6.45, 7) is 11.6. The van der Waals surface area contributed by atoms with Crippen molar-refractivity contribution in [3.05, 3.63) is 22.4 Å². The molecule has 0 unspecified atom stereocenters. The zero-order chi connectivity index (χ0) is 16.5. The Kier molecular flexibility index (Phi) is 8.50. The molecule has 1 N–H and O–H groups in total. The maximum Gasteiger partial charge on any atom is 0.0900 e. The van der Waals surface area contributed by atoms with Crippen molar-refractivity contribution in [1.82, 2.24) is 9.80 Å². The van der Waals surface area contributed by atoms with Crippen molar-refractivity contribution in [2.45, 2.75) is 32.6 Å². The van der Waals surface area contributed by atoms with Crippen LogP contribution in [0.4, 0.5) is 0 Å². The maximum absolute atomic E-state index is 10.2. The predicted molar refractivity (Wildman–Crippen MR) is 93.9 cm³/mol. The number of rotatable bonds is 10. The van der Waals surface area contributed by atoms with Crippen molar-refractivity contribution in [2.75, 3.05) is 52.5 Å². The molecule has 0 radical (unpaired) electrons. The molecule has 0 saturated carbocycles. The minimum absolute atomic E-state index is 0.156. The summed E-state index contributed by atoms with van der Waals surface area (Å²) in [7, 11) is 0. The summed E-state index contributed by atoms with van der Waals surface area (Å²) in [5.74, 6) is 0. The molecule has 0 amide bonds. The van der Waals surface area contributed by atoms with Gasteiger partial charge in [-0.15, -0.1) is 0 Å². The van der Waals surface area contributed by atoms with Crippen LogP contribution >= 0.6 is 11.3 Å². The van der Waals surface area contributed by atoms with Gasteiger partial charge in [0.1, 0.15) is 0 Å². The highest BCUT2D eigenvalue weighted by molar-refractivity contribution is 7.07. The molecule has 2 rings (SSSR count). The summed E-state index contributed by atoms with van der Waals surface area (Å²) >= 11 is 1.72. The molecule has 1 saturated heterocycles. The molecule has 1 aliphatic heterocycles. The van der Waals surface area contributed by atoms with Gasteiger partial charge in [-0.3, -0.25) is 9.80 Å². The molecule has 0 bridgehead atoms. The first-order chi connectivity index (χ1) is 11.1. The first-order valence-corrected chi connectivity index (χ1v) is 9.41. The van der Waals surface area contributed by atoms with E-state index in [1.165, 1.54) is 5.56 Å². The fourth-order valence-corrected chi connectivity index (χ4v) is 3.30. The molecule has 1 atom stereocenters. The Morgan fingerprint density at radius 3 is 2.83 bits per heavy atom. The van der Waals surface area contributed by atoms with Gasteiger partial charge in [0, 0.05) is 39.3 Å². The fourth-order valence-electron chi connectivity index (χ4n) is 2.64. The fraction of sp³-hybridized carbons (Fsp3) is 0.765. The van der Waals surface area contributed by atoms with Crippen LogP contribution in [0.5, 0.6) is 0 Å². The van der Waals surface area contributed by atoms with Crippen LogP contribution in [-0.4, -0.2) is 79.7 Å². The lowest BCUT2D eigenvalue weighted by molar-refractivity contribution is -0.0128. The van der Waals surface area contributed by atoms with Crippen LogP contribution in [0.3, 0.4) is 0 Å². The summed E-state index contributed by atoms with van der Waals surface area (Å²) < 4.78 is 10.9. The van der Waals surface area contributed by atoms with Gasteiger partial charge in [-0.05, 0) is 36.2 Å². The second-order valence-electron chi connectivity index (χ2n) is 6.36. The van der Waals surface area contributed by atoms with Crippen LogP contribution in [0.15, 0.2) is 16.8 Å². The second-order valence-corrected chi connectivity index (χ2v) is 7.14. The summed E-state index contributed by atoms with van der Waals surface area (Å²) in [6, 6.07) is 2.16. The Morgan fingerprint density at radius 1 is 1.39 bits per heavy atom. The third kappa shape index (κ3) is 7.74. The van der Waals surface area contributed by atoms with E-state index in [0.717, 1.165) is 45.9 Å². The van der Waals surface area contributed by atoms with Gasteiger partial charge < -0.3 is 14.6 Å². The Hall–Kier alpha value is -0.500. The smallest absolute Gasteiger partial charge is 0.0900 e. The molecular formula is C17H30N2O3S. The van der Waals surface area contributed by atoms with Gasteiger partial charge >= 0.3 is 0 Å². The predicted octanol–water partition coefficient (Wildman–Crippen LogP) is 1.67. The first kappa shape index (κ1) is 18.8. The van der Waals surface area contributed by atoms with E-state index in [-0.39, 0.29) is 6.10 Å². The summed E-state index contributed by atoms with van der Waals surface area (Å²) in [5.41, 5.74) is 1.31. The first-order valence-electron chi connectivity index (χ1n) is 8.46. The molecule has 0 aromatic carbocycles. The van der Waals surface area contributed by atoms with Gasteiger partial charge in [-0.1, -0.05) is 0 Å². The summed E-state index contributed by atoms with van der Waals surface area (Å²) in [5, 5.41) is 14.5. The standard InChI is InChI=1S/C17H30N2O3S/c1-15(2)22-13-17(20)12-19(11-16-3-10-23-14-16)5-4-18-6-8-21-9-7-18/h3,10,14-15,17,20H,4-9,11-13H2,1-2H3/t17-/m1/s1. The van der Waals surface area contributed by atoms with Crippen molar-refractivity contribution in [1.29, 1.82) is 0 Å². The summed E-state index contributed by atoms with van der Waals surface area (Å²) in [6.07, 6.45) is -0.288. The van der Waals surface area contributed by atoms with Crippen molar-refractivity contribution in [3.63, 3.8) is 0 Å². The van der Waals surface area contributed by atoms with Gasteiger partial charge in [-0.25, -0.2) is 0 Å². The molecular weight excluding hydrogens is 312 g/mol. The number of ether oxygens (including phenoxy) is 2. The van der Waals surface area contributed by atoms with E-state index in [1.807, 2.05) is 13.8 Å². The minimum Gasteiger partial charge on any atom is -0.389 e. The quantitative estimate of drug-likeness (QED) is 0.701. The number of hydrogen-bond donors (Lipinski definition) is 1. The zero-order valence-electron chi connectivity index (χ0n) is 14.3. The average molecular weight is 343 g/mol. The van der Waals surface area contributed by atoms with Crippen LogP contribution in [0, 0.1) is 0 Å². The van der Waals surface area contributed by atoms with E-state index in [4.69, 9.17) is 9.47 Å². The Labute approximate surface area is 143 Å². The van der Waals surface area contributed by atoms with E-state index in [1.54, 1.807) is 11.3 Å². The minimum atomic E-state index is -0.444. The Morgan fingerprint density at radius 2 is 2.17 bits per heavy atom. The lowest BCUT2D eigenvalue weighted by Crippen LogP contribution is -2.43. The molecule has 1 aromatic rings. The van der Waals surface area contributed by atoms with Gasteiger partial charge in [0.05, 0.1) is 32.0 Å². The lowest BCUT2D eigenvalue weighted by atomic mass is 10.2. The Bertz CT molecular complexity index is 408. The van der Waals surface area contributed by atoms with E-state index in [9.17, 15) is 5.11 Å². The second kappa shape index (κ2) is 10.4. The molecule has 1 aromatic heterocycles. The van der Waals surface area contributed by atoms with E-state index < -0.39 is 6.10 Å². The van der Waals surface area contributed by atoms with Crippen LogP contribution in [0.1, 0.15) is 19.4 Å². The largest absolute Gasteiger partial charge is 0.389 e. The van der Waals surface area contributed by atoms with Crippen LogP contribution < -0.4 is 0 Å². The van der Waals surface area contributed by atoms with E-state index in [2.05, 4.69) is 26.6 Å². The topological polar surface area (TPSA) is 45.2 Å². The number of aliphatic hydroxyl groups excluding tert-OH is 1. The van der Waals surface area contributed by atoms with E-state index >= 15 is 0 Å². The number of morpholine rings is 1. The number of thiophene rings is 1. The molecule has 1 fully saturated rings. The van der Waals surface area contributed by atoms with Crippen LogP contribution in [0.2, 0.25) is 0 Å². The van der Waals surface area contributed by atoms with Gasteiger partial charge in [0.2, 0.25) is 0 Å². The number of aliphatic hydroxyl groups is 1. The molecule has 0 aliphatic carbocycles. The molecule has 1 aliphatic rings. The molecule has 132 valence electrons. The van der Waals surface area contributed by atoms with Crippen LogP contribution in [-0.2, 0) is 16.0 Å². The van der Waals surface area contributed by atoms with Crippen molar-refractivity contribution >= 4 is 11.3 Å². The molecule has 0 spiro atoms. The maximum atomic E-state index is 10.2. The molecule has 5 nitrogen and oxygen atoms in total. The number of nitrogens with zero attached hydrogens (tertiary/aromatic N) is 2. The monoisotopic (exact) mass is 342 g/mol. The van der Waals surface area contributed by atoms with Gasteiger partial charge in [-0.2, -0.15) is 11.3 Å². The third-order valence-electron chi connectivity index (χ3n) is 3.91. The summed E-state index contributed by atoms with van der Waals surface area (Å²) in [4.78, 5) is 4.76. The highest BCUT2D eigenvalue weighted by Crippen LogP contribution is 2.10. The third-order valence-corrected chi connectivity index (χ3v) is 4.65. The highest BCUT2D eigenvalue weighted by Gasteiger charge is 2.16. The normalized spacial score (nSPS) is 18.0. The van der Waals surface area contributed by atoms with Crippen LogP contribution in [0.25, 0.3) is 0 Å². The molecule has 6 heteroatoms. The number of hydrogen-bond acceptors (Lipinski definition) is 6. The average Bonchev–Trinajstić information content (AvgIpc) is 3.04. The highest BCUT2D eigenvalue weighted by atomic mass is 32.1. The van der Waals surface area contributed by atoms with Crippen molar-refractivity contribution < 1.29 is 14.6 Å². The van der Waals surface area contributed by atoms with Crippen molar-refractivity contribution in [2.24, 2.45) is 0 Å². The Balaban J connectivity index is 1.80. The van der Waals surface area contributed by atoms with E-state index in [0.29, 0.717) is 13.2 Å². The SMILES string of the molecule is CC(C)OC[C@H](O)CN(CCN1CCOCC1)Cc1ccsc1. The van der Waals surface area contributed by atoms with Gasteiger partial charge in [0.15, 0.2) is 0 Å². The molecule has 23 heavy (non-hydrogen) atoms. The lowest BCUT2D eigenvalue weighted by Gasteiger charge is -2.31. The van der Waals surface area contributed by atoms with Gasteiger partial charge in [0.25, 0.3) is 0 Å². The molecule has 2 heterocycles. The van der Waals surface area contributed by atoms with Crippen molar-refractivity contribution in [3.8, 4) is 0 Å². The zero-order valence-corrected chi connectivity index (χ0v) is 15.1.